The van der Waals surface area contributed by atoms with E-state index < -0.39 is 0 Å². The number of rotatable bonds is 9. The summed E-state index contributed by atoms with van der Waals surface area (Å²) in [6.07, 6.45) is 3.66. The van der Waals surface area contributed by atoms with Crippen LogP contribution in [-0.4, -0.2) is 46.4 Å². The number of carbonyl (C=O) groups excluding carboxylic acids is 1. The standard InChI is InChI=1S/C22H28N4O2/c1-4-25(5-2)12-13-28-20-9-7-6-8-18(20)15-23-22(27)19-16-26-11-10-17(3)14-21(26)24-19/h6-11,14,16H,4-5,12-13,15H2,1-3H3,(H,23,27). The molecule has 0 radical (unpaired) electrons. The molecule has 0 saturated heterocycles. The number of aryl methyl sites for hydroxylation is 1. The van der Waals surface area contributed by atoms with Crippen molar-refractivity contribution < 1.29 is 9.53 Å². The minimum atomic E-state index is -0.195. The highest BCUT2D eigenvalue weighted by atomic mass is 16.5. The van der Waals surface area contributed by atoms with E-state index in [4.69, 9.17) is 4.74 Å². The van der Waals surface area contributed by atoms with Crippen molar-refractivity contribution in [2.75, 3.05) is 26.2 Å². The van der Waals surface area contributed by atoms with Crippen LogP contribution in [0.5, 0.6) is 5.75 Å². The monoisotopic (exact) mass is 380 g/mol. The number of likely N-dealkylation sites (N-methyl/N-ethyl adjacent to an activating group) is 1. The number of aromatic nitrogens is 2. The van der Waals surface area contributed by atoms with Gasteiger partial charge in [0.15, 0.2) is 0 Å². The molecule has 0 atom stereocenters. The third-order valence-electron chi connectivity index (χ3n) is 4.82. The topological polar surface area (TPSA) is 58.9 Å². The molecule has 3 rings (SSSR count). The molecule has 0 bridgehead atoms. The molecule has 1 aromatic carbocycles. The van der Waals surface area contributed by atoms with E-state index in [1.165, 1.54) is 0 Å². The summed E-state index contributed by atoms with van der Waals surface area (Å²) in [5.74, 6) is 0.611. The molecule has 148 valence electrons. The number of hydrogen-bond acceptors (Lipinski definition) is 4. The molecule has 0 unspecified atom stereocenters. The highest BCUT2D eigenvalue weighted by Crippen LogP contribution is 2.18. The highest BCUT2D eigenvalue weighted by molar-refractivity contribution is 5.92. The van der Waals surface area contributed by atoms with Gasteiger partial charge in [-0.15, -0.1) is 0 Å². The zero-order chi connectivity index (χ0) is 19.9. The number of amides is 1. The first-order chi connectivity index (χ1) is 13.6. The van der Waals surface area contributed by atoms with E-state index in [0.29, 0.717) is 18.8 Å². The molecule has 0 spiro atoms. The Bertz CT molecular complexity index is 931. The maximum Gasteiger partial charge on any atom is 0.271 e. The number of nitrogens with zero attached hydrogens (tertiary/aromatic N) is 3. The van der Waals surface area contributed by atoms with Crippen LogP contribution in [0.4, 0.5) is 0 Å². The number of para-hydroxylation sites is 1. The number of imidazole rings is 1. The summed E-state index contributed by atoms with van der Waals surface area (Å²) in [4.78, 5) is 19.3. The molecule has 6 heteroatoms. The minimum absolute atomic E-state index is 0.195. The molecule has 2 heterocycles. The fraction of sp³-hybridized carbons (Fsp3) is 0.364. The normalized spacial score (nSPS) is 11.1. The van der Waals surface area contributed by atoms with E-state index in [1.54, 1.807) is 6.20 Å². The number of fused-ring (bicyclic) bond motifs is 1. The molecule has 2 aromatic heterocycles. The predicted molar refractivity (Wildman–Crippen MR) is 111 cm³/mol. The summed E-state index contributed by atoms with van der Waals surface area (Å²) >= 11 is 0. The van der Waals surface area contributed by atoms with Gasteiger partial charge in [-0.3, -0.25) is 4.79 Å². The quantitative estimate of drug-likeness (QED) is 0.619. The number of benzene rings is 1. The fourth-order valence-electron chi connectivity index (χ4n) is 3.07. The third kappa shape index (κ3) is 4.89. The molecule has 0 aliphatic rings. The van der Waals surface area contributed by atoms with Crippen molar-refractivity contribution in [3.8, 4) is 5.75 Å². The van der Waals surface area contributed by atoms with E-state index in [9.17, 15) is 4.79 Å². The van der Waals surface area contributed by atoms with Crippen LogP contribution in [0.2, 0.25) is 0 Å². The molecule has 0 saturated carbocycles. The van der Waals surface area contributed by atoms with Crippen molar-refractivity contribution in [1.29, 1.82) is 0 Å². The molecule has 0 fully saturated rings. The lowest BCUT2D eigenvalue weighted by atomic mass is 10.2. The van der Waals surface area contributed by atoms with Gasteiger partial charge in [0.1, 0.15) is 23.7 Å². The Morgan fingerprint density at radius 3 is 2.79 bits per heavy atom. The van der Waals surface area contributed by atoms with Crippen molar-refractivity contribution >= 4 is 11.6 Å². The van der Waals surface area contributed by atoms with Crippen LogP contribution in [-0.2, 0) is 6.54 Å². The molecule has 3 aromatic rings. The van der Waals surface area contributed by atoms with Gasteiger partial charge in [0.25, 0.3) is 5.91 Å². The molecular formula is C22H28N4O2. The smallest absolute Gasteiger partial charge is 0.271 e. The second-order valence-electron chi connectivity index (χ2n) is 6.76. The Morgan fingerprint density at radius 2 is 2.00 bits per heavy atom. The Labute approximate surface area is 166 Å². The number of hydrogen-bond donors (Lipinski definition) is 1. The van der Waals surface area contributed by atoms with E-state index >= 15 is 0 Å². The summed E-state index contributed by atoms with van der Waals surface area (Å²) in [7, 11) is 0. The maximum atomic E-state index is 12.5. The van der Waals surface area contributed by atoms with Crippen molar-refractivity contribution in [1.82, 2.24) is 19.6 Å². The Morgan fingerprint density at radius 1 is 1.21 bits per heavy atom. The van der Waals surface area contributed by atoms with Crippen molar-refractivity contribution in [3.05, 3.63) is 65.6 Å². The van der Waals surface area contributed by atoms with E-state index in [1.807, 2.05) is 53.9 Å². The molecule has 6 nitrogen and oxygen atoms in total. The Kier molecular flexibility index (Phi) is 6.66. The lowest BCUT2D eigenvalue weighted by Gasteiger charge is -2.19. The zero-order valence-corrected chi connectivity index (χ0v) is 16.8. The first kappa shape index (κ1) is 19.9. The highest BCUT2D eigenvalue weighted by Gasteiger charge is 2.12. The van der Waals surface area contributed by atoms with Gasteiger partial charge < -0.3 is 19.4 Å². The Hall–Kier alpha value is -2.86. The van der Waals surface area contributed by atoms with Crippen LogP contribution >= 0.6 is 0 Å². The van der Waals surface area contributed by atoms with Gasteiger partial charge in [-0.05, 0) is 43.8 Å². The first-order valence-electron chi connectivity index (χ1n) is 9.77. The molecule has 1 N–H and O–H groups in total. The van der Waals surface area contributed by atoms with Crippen LogP contribution in [0.1, 0.15) is 35.5 Å². The Balaban J connectivity index is 1.61. The molecule has 0 aliphatic carbocycles. The largest absolute Gasteiger partial charge is 0.492 e. The zero-order valence-electron chi connectivity index (χ0n) is 16.8. The lowest BCUT2D eigenvalue weighted by Crippen LogP contribution is -2.28. The van der Waals surface area contributed by atoms with Crippen LogP contribution in [0.25, 0.3) is 5.65 Å². The van der Waals surface area contributed by atoms with Gasteiger partial charge in [0.05, 0.1) is 0 Å². The molecular weight excluding hydrogens is 352 g/mol. The second-order valence-corrected chi connectivity index (χ2v) is 6.76. The van der Waals surface area contributed by atoms with Gasteiger partial charge in [-0.25, -0.2) is 4.98 Å². The van der Waals surface area contributed by atoms with Crippen LogP contribution < -0.4 is 10.1 Å². The molecule has 1 amide bonds. The summed E-state index contributed by atoms with van der Waals surface area (Å²) in [5.41, 5.74) is 3.24. The number of ether oxygens (including phenoxy) is 1. The van der Waals surface area contributed by atoms with E-state index in [0.717, 1.165) is 42.2 Å². The van der Waals surface area contributed by atoms with Gasteiger partial charge in [-0.2, -0.15) is 0 Å². The second kappa shape index (κ2) is 9.37. The van der Waals surface area contributed by atoms with E-state index in [2.05, 4.69) is 29.0 Å². The van der Waals surface area contributed by atoms with E-state index in [-0.39, 0.29) is 5.91 Å². The number of pyridine rings is 1. The van der Waals surface area contributed by atoms with Crippen LogP contribution in [0, 0.1) is 6.92 Å². The fourth-order valence-corrected chi connectivity index (χ4v) is 3.07. The minimum Gasteiger partial charge on any atom is -0.492 e. The molecule has 0 aliphatic heterocycles. The summed E-state index contributed by atoms with van der Waals surface area (Å²) < 4.78 is 7.81. The SMILES string of the molecule is CCN(CC)CCOc1ccccc1CNC(=O)c1cn2ccc(C)cc2n1. The first-order valence-corrected chi connectivity index (χ1v) is 9.77. The average molecular weight is 380 g/mol. The van der Waals surface area contributed by atoms with Gasteiger partial charge in [-0.1, -0.05) is 32.0 Å². The van der Waals surface area contributed by atoms with Crippen molar-refractivity contribution in [2.24, 2.45) is 0 Å². The summed E-state index contributed by atoms with van der Waals surface area (Å²) in [6, 6.07) is 11.8. The average Bonchev–Trinajstić information content (AvgIpc) is 3.13. The van der Waals surface area contributed by atoms with Crippen molar-refractivity contribution in [3.63, 3.8) is 0 Å². The van der Waals surface area contributed by atoms with Gasteiger partial charge in [0, 0.05) is 31.0 Å². The number of carbonyl (C=O) groups is 1. The van der Waals surface area contributed by atoms with Gasteiger partial charge >= 0.3 is 0 Å². The molecule has 28 heavy (non-hydrogen) atoms. The lowest BCUT2D eigenvalue weighted by molar-refractivity contribution is 0.0946. The third-order valence-corrected chi connectivity index (χ3v) is 4.82. The van der Waals surface area contributed by atoms with Crippen LogP contribution in [0.3, 0.4) is 0 Å². The van der Waals surface area contributed by atoms with Crippen molar-refractivity contribution in [2.45, 2.75) is 27.3 Å². The summed E-state index contributed by atoms with van der Waals surface area (Å²) in [5, 5.41) is 2.95. The summed E-state index contributed by atoms with van der Waals surface area (Å²) in [6.45, 7) is 10.2. The maximum absolute atomic E-state index is 12.5. The van der Waals surface area contributed by atoms with Gasteiger partial charge in [0.2, 0.25) is 0 Å². The van der Waals surface area contributed by atoms with Crippen LogP contribution in [0.15, 0.2) is 48.8 Å². The predicted octanol–water partition coefficient (Wildman–Crippen LogP) is 3.29. The number of nitrogens with one attached hydrogen (secondary N) is 1.